The van der Waals surface area contributed by atoms with Gasteiger partial charge in [0.25, 0.3) is 0 Å². The van der Waals surface area contributed by atoms with Gasteiger partial charge in [0.2, 0.25) is 0 Å². The number of allylic oxidation sites excluding steroid dienone is 1. The quantitative estimate of drug-likeness (QED) is 0.278. The van der Waals surface area contributed by atoms with Crippen LogP contribution in [0.1, 0.15) is 105 Å². The summed E-state index contributed by atoms with van der Waals surface area (Å²) in [6, 6.07) is 7.21. The van der Waals surface area contributed by atoms with Gasteiger partial charge in [-0.15, -0.1) is 0 Å². The first-order valence-corrected chi connectivity index (χ1v) is 15.6. The van der Waals surface area contributed by atoms with Crippen molar-refractivity contribution >= 4 is 17.5 Å². The summed E-state index contributed by atoms with van der Waals surface area (Å²) in [5.41, 5.74) is 9.54. The van der Waals surface area contributed by atoms with Gasteiger partial charge in [0, 0.05) is 17.8 Å². The molecule has 5 rings (SSSR count). The molecule has 210 valence electrons. The van der Waals surface area contributed by atoms with Crippen LogP contribution in [0, 0.1) is 46.3 Å². The number of nitrogens with one attached hydrogen (secondary N) is 1. The van der Waals surface area contributed by atoms with E-state index in [1.54, 1.807) is 17.7 Å². The predicted octanol–water partition coefficient (Wildman–Crippen LogP) is 9.23. The van der Waals surface area contributed by atoms with E-state index in [2.05, 4.69) is 46.0 Å². The summed E-state index contributed by atoms with van der Waals surface area (Å²) in [5, 5.41) is 2.87. The van der Waals surface area contributed by atoms with Gasteiger partial charge in [-0.1, -0.05) is 65.5 Å². The third kappa shape index (κ3) is 5.26. The molecule has 3 fully saturated rings. The molecule has 1 unspecified atom stereocenters. The molecule has 0 radical (unpaired) electrons. The maximum atomic E-state index is 12.6. The Bertz CT molecular complexity index is 1020. The highest BCUT2D eigenvalue weighted by Crippen LogP contribution is 2.67. The average Bonchev–Trinajstić information content (AvgIpc) is 3.23. The SMILES string of the molecule is CC(C)CCC[C@@H](C)[C@H]1CC[C@H]2[C@@H]3CC=C4CC(OC(=O)Nc5ccc(N)cc5)CC[C@]4(C)[C@H]3CC[C@]12C. The van der Waals surface area contributed by atoms with Crippen LogP contribution in [0.3, 0.4) is 0 Å². The van der Waals surface area contributed by atoms with Crippen LogP contribution >= 0.6 is 0 Å². The molecule has 0 spiro atoms. The molecule has 1 amide bonds. The Hall–Kier alpha value is -1.97. The van der Waals surface area contributed by atoms with E-state index in [0.717, 1.165) is 60.5 Å². The Morgan fingerprint density at radius 1 is 1.03 bits per heavy atom. The first kappa shape index (κ1) is 27.6. The molecule has 4 aliphatic carbocycles. The molecule has 4 nitrogen and oxygen atoms in total. The molecule has 3 saturated carbocycles. The molecule has 1 aromatic carbocycles. The van der Waals surface area contributed by atoms with E-state index in [9.17, 15) is 4.79 Å². The van der Waals surface area contributed by atoms with Gasteiger partial charge in [0.15, 0.2) is 0 Å². The van der Waals surface area contributed by atoms with Crippen LogP contribution in [0.2, 0.25) is 0 Å². The molecule has 1 aromatic rings. The normalized spacial score (nSPS) is 37.0. The minimum Gasteiger partial charge on any atom is -0.446 e. The second kappa shape index (κ2) is 10.9. The van der Waals surface area contributed by atoms with E-state index >= 15 is 0 Å². The maximum absolute atomic E-state index is 12.6. The van der Waals surface area contributed by atoms with E-state index in [0.29, 0.717) is 11.1 Å². The molecule has 0 bridgehead atoms. The van der Waals surface area contributed by atoms with Gasteiger partial charge in [-0.2, -0.15) is 0 Å². The van der Waals surface area contributed by atoms with Gasteiger partial charge < -0.3 is 10.5 Å². The van der Waals surface area contributed by atoms with Crippen molar-refractivity contribution in [1.82, 2.24) is 0 Å². The van der Waals surface area contributed by atoms with Crippen LogP contribution in [0.15, 0.2) is 35.9 Å². The van der Waals surface area contributed by atoms with Crippen molar-refractivity contribution in [3.63, 3.8) is 0 Å². The zero-order valence-electron chi connectivity index (χ0n) is 24.6. The molecule has 0 saturated heterocycles. The van der Waals surface area contributed by atoms with Gasteiger partial charge in [-0.25, -0.2) is 4.79 Å². The minimum absolute atomic E-state index is 0.0314. The third-order valence-corrected chi connectivity index (χ3v) is 11.7. The Balaban J connectivity index is 1.21. The van der Waals surface area contributed by atoms with E-state index in [1.807, 2.05) is 12.1 Å². The lowest BCUT2D eigenvalue weighted by Gasteiger charge is -2.58. The number of anilines is 2. The van der Waals surface area contributed by atoms with Crippen LogP contribution in [0.5, 0.6) is 0 Å². The number of nitrogens with two attached hydrogens (primary N) is 1. The first-order valence-electron chi connectivity index (χ1n) is 15.6. The predicted molar refractivity (Wildman–Crippen MR) is 158 cm³/mol. The summed E-state index contributed by atoms with van der Waals surface area (Å²) in [7, 11) is 0. The number of amides is 1. The fourth-order valence-electron chi connectivity index (χ4n) is 9.62. The number of carbonyl (C=O) groups is 1. The maximum Gasteiger partial charge on any atom is 0.411 e. The third-order valence-electron chi connectivity index (χ3n) is 11.7. The molecule has 3 N–H and O–H groups in total. The van der Waals surface area contributed by atoms with Crippen molar-refractivity contribution in [3.05, 3.63) is 35.9 Å². The summed E-state index contributed by atoms with van der Waals surface area (Å²) in [4.78, 5) is 12.6. The number of nitrogen functional groups attached to an aromatic ring is 1. The van der Waals surface area contributed by atoms with Gasteiger partial charge >= 0.3 is 6.09 Å². The minimum atomic E-state index is -0.356. The van der Waals surface area contributed by atoms with Crippen LogP contribution in [0.25, 0.3) is 0 Å². The standard InChI is InChI=1S/C34H52N2O2/c1-22(2)7-6-8-23(3)29-15-16-30-28-14-9-24-21-27(38-32(37)36-26-12-10-25(35)11-13-26)17-19-33(24,4)31(28)18-20-34(29,30)5/h9-13,22-23,27-31H,6-8,14-21,35H2,1-5H3,(H,36,37)/t23-,27?,28+,29-,30+,31+,33+,34-/m1/s1. The summed E-state index contributed by atoms with van der Waals surface area (Å²) >= 11 is 0. The second-order valence-corrected chi connectivity index (χ2v) is 14.3. The molecule has 4 aliphatic rings. The lowest BCUT2D eigenvalue weighted by molar-refractivity contribution is -0.0577. The lowest BCUT2D eigenvalue weighted by Crippen LogP contribution is -2.51. The van der Waals surface area contributed by atoms with Crippen molar-refractivity contribution in [2.75, 3.05) is 11.1 Å². The van der Waals surface area contributed by atoms with E-state index < -0.39 is 0 Å². The fourth-order valence-corrected chi connectivity index (χ4v) is 9.62. The van der Waals surface area contributed by atoms with Gasteiger partial charge in [0.05, 0.1) is 0 Å². The summed E-state index contributed by atoms with van der Waals surface area (Å²) in [5.74, 6) is 5.10. The topological polar surface area (TPSA) is 64.3 Å². The largest absolute Gasteiger partial charge is 0.446 e. The molecular formula is C34H52N2O2. The number of fused-ring (bicyclic) bond motifs is 5. The number of ether oxygens (including phenoxy) is 1. The van der Waals surface area contributed by atoms with E-state index in [4.69, 9.17) is 10.5 Å². The second-order valence-electron chi connectivity index (χ2n) is 14.3. The highest BCUT2D eigenvalue weighted by molar-refractivity contribution is 5.84. The first-order chi connectivity index (χ1) is 18.1. The monoisotopic (exact) mass is 520 g/mol. The Kier molecular flexibility index (Phi) is 7.91. The number of hydrogen-bond acceptors (Lipinski definition) is 3. The molecule has 4 heteroatoms. The zero-order chi connectivity index (χ0) is 27.1. The number of hydrogen-bond donors (Lipinski definition) is 2. The van der Waals surface area contributed by atoms with Gasteiger partial charge in [0.1, 0.15) is 6.10 Å². The van der Waals surface area contributed by atoms with E-state index in [1.165, 1.54) is 51.4 Å². The van der Waals surface area contributed by atoms with Gasteiger partial charge in [-0.05, 0) is 116 Å². The summed E-state index contributed by atoms with van der Waals surface area (Å²) in [6.45, 7) is 12.5. The summed E-state index contributed by atoms with van der Waals surface area (Å²) < 4.78 is 5.91. The molecule has 0 heterocycles. The Morgan fingerprint density at radius 3 is 2.53 bits per heavy atom. The average molecular weight is 521 g/mol. The lowest BCUT2D eigenvalue weighted by atomic mass is 9.47. The van der Waals surface area contributed by atoms with Crippen LogP contribution in [-0.4, -0.2) is 12.2 Å². The van der Waals surface area contributed by atoms with Crippen molar-refractivity contribution in [2.45, 2.75) is 111 Å². The Morgan fingerprint density at radius 2 is 1.79 bits per heavy atom. The fraction of sp³-hybridized carbons (Fsp3) is 0.735. The van der Waals surface area contributed by atoms with Crippen LogP contribution < -0.4 is 11.1 Å². The van der Waals surface area contributed by atoms with Crippen molar-refractivity contribution in [2.24, 2.45) is 46.3 Å². The molecule has 0 aliphatic heterocycles. The molecular weight excluding hydrogens is 468 g/mol. The summed E-state index contributed by atoms with van der Waals surface area (Å²) in [6.07, 6.45) is 16.3. The van der Waals surface area contributed by atoms with Crippen molar-refractivity contribution in [1.29, 1.82) is 0 Å². The Labute approximate surface area is 231 Å². The highest BCUT2D eigenvalue weighted by atomic mass is 16.6. The smallest absolute Gasteiger partial charge is 0.411 e. The molecule has 38 heavy (non-hydrogen) atoms. The van der Waals surface area contributed by atoms with Crippen molar-refractivity contribution < 1.29 is 9.53 Å². The number of rotatable bonds is 7. The van der Waals surface area contributed by atoms with E-state index in [-0.39, 0.29) is 17.6 Å². The number of benzene rings is 1. The van der Waals surface area contributed by atoms with Crippen LogP contribution in [-0.2, 0) is 4.74 Å². The zero-order valence-corrected chi connectivity index (χ0v) is 24.6. The molecule has 0 aromatic heterocycles. The van der Waals surface area contributed by atoms with Crippen molar-refractivity contribution in [3.8, 4) is 0 Å². The van der Waals surface area contributed by atoms with Crippen LogP contribution in [0.4, 0.5) is 16.2 Å². The van der Waals surface area contributed by atoms with Gasteiger partial charge in [-0.3, -0.25) is 5.32 Å². The number of carbonyl (C=O) groups excluding carboxylic acids is 1. The highest BCUT2D eigenvalue weighted by Gasteiger charge is 2.59. The molecule has 8 atom stereocenters.